The van der Waals surface area contributed by atoms with Crippen molar-refractivity contribution in [1.82, 2.24) is 10.2 Å². The normalized spacial score (nSPS) is 16.3. The van der Waals surface area contributed by atoms with Crippen LogP contribution in [0.5, 0.6) is 11.5 Å². The van der Waals surface area contributed by atoms with Crippen LogP contribution in [0.2, 0.25) is 0 Å². The summed E-state index contributed by atoms with van der Waals surface area (Å²) in [6.45, 7) is 0.612. The topological polar surface area (TPSA) is 195 Å². The molecule has 3 N–H and O–H groups in total. The van der Waals surface area contributed by atoms with E-state index < -0.39 is 35.1 Å². The van der Waals surface area contributed by atoms with E-state index in [2.05, 4.69) is 35.9 Å². The van der Waals surface area contributed by atoms with Gasteiger partial charge < -0.3 is 39.4 Å². The van der Waals surface area contributed by atoms with E-state index in [9.17, 15) is 39.0 Å². The van der Waals surface area contributed by atoms with Gasteiger partial charge in [-0.15, -0.1) is 0 Å². The number of benzene rings is 2. The quantitative estimate of drug-likeness (QED) is 0.185. The highest BCUT2D eigenvalue weighted by atomic mass is 35.5. The van der Waals surface area contributed by atoms with Crippen LogP contribution >= 0.6 is 11.6 Å². The summed E-state index contributed by atoms with van der Waals surface area (Å²) in [5.74, 6) is -3.53. The fourth-order valence-corrected chi connectivity index (χ4v) is 4.30. The largest absolute Gasteiger partial charge is 0.508 e. The van der Waals surface area contributed by atoms with E-state index in [4.69, 9.17) is 0 Å². The van der Waals surface area contributed by atoms with Crippen LogP contribution in [0.25, 0.3) is 0 Å². The van der Waals surface area contributed by atoms with Crippen LogP contribution in [0.1, 0.15) is 22.3 Å². The van der Waals surface area contributed by atoms with Crippen molar-refractivity contribution in [3.63, 3.8) is 0 Å². The van der Waals surface area contributed by atoms with Gasteiger partial charge in [0.05, 0.1) is 28.4 Å². The van der Waals surface area contributed by atoms with E-state index in [1.165, 1.54) is 26.4 Å². The van der Waals surface area contributed by atoms with E-state index in [0.717, 1.165) is 35.8 Å². The maximum atomic E-state index is 12.0. The number of carbonyl (C=O) groups is 6. The first-order chi connectivity index (χ1) is 20.4. The number of hydrogen-bond donors (Lipinski definition) is 3. The predicted octanol–water partition coefficient (Wildman–Crippen LogP) is 0.496. The number of methoxy groups -OCH3 is 4. The van der Waals surface area contributed by atoms with Crippen molar-refractivity contribution in [3.8, 4) is 11.5 Å². The third-order valence-electron chi connectivity index (χ3n) is 6.40. The molecule has 43 heavy (non-hydrogen) atoms. The predicted molar refractivity (Wildman–Crippen MR) is 148 cm³/mol. The number of nitrogens with zero attached hydrogens (tertiary/aromatic N) is 1. The Bertz CT molecular complexity index is 1380. The Balaban J connectivity index is 0.000000255. The molecule has 0 saturated carbocycles. The molecule has 2 aliphatic heterocycles. The number of phenolic OH excluding ortho intramolecular Hbond substituents is 2. The maximum absolute atomic E-state index is 12.0. The van der Waals surface area contributed by atoms with Gasteiger partial charge in [0.2, 0.25) is 0 Å². The van der Waals surface area contributed by atoms with Crippen molar-refractivity contribution in [2.75, 3.05) is 28.4 Å². The molecule has 1 amide bonds. The molecule has 2 aromatic rings. The number of phenols is 2. The zero-order chi connectivity index (χ0) is 32.3. The summed E-state index contributed by atoms with van der Waals surface area (Å²) < 4.78 is 17.7. The van der Waals surface area contributed by atoms with E-state index in [0.29, 0.717) is 18.5 Å². The lowest BCUT2D eigenvalue weighted by molar-refractivity contribution is -0.164. The smallest absolute Gasteiger partial charge is 0.396 e. The van der Waals surface area contributed by atoms with E-state index >= 15 is 0 Å². The highest BCUT2D eigenvalue weighted by Gasteiger charge is 2.38. The van der Waals surface area contributed by atoms with Gasteiger partial charge in [-0.1, -0.05) is 12.1 Å². The van der Waals surface area contributed by atoms with Gasteiger partial charge in [0.1, 0.15) is 23.6 Å². The Hall–Kier alpha value is -4.69. The lowest BCUT2D eigenvalue weighted by Gasteiger charge is -2.34. The maximum Gasteiger partial charge on any atom is 0.396 e. The Morgan fingerprint density at radius 3 is 1.77 bits per heavy atom. The molecule has 0 radical (unpaired) electrons. The standard InChI is InChI=1S/C14H15NO6.C11H13NO3.C3H3ClO3/c1-20-13(18)11-6-8-3-4-10(16)5-9(8)7-15(11)12(17)14(19)21-2;1-15-11(14)10-5-7-2-3-9(13)4-8(7)6-12-10;1-7-3(6)2(4)5/h3-5,11,16H,6-7H2,1-2H3;2-4,10,12-13H,5-6H2,1H3;1H3. The Labute approximate surface area is 251 Å². The van der Waals surface area contributed by atoms with E-state index in [1.54, 1.807) is 18.2 Å². The Kier molecular flexibility index (Phi) is 12.9. The molecule has 2 heterocycles. The van der Waals surface area contributed by atoms with Gasteiger partial charge in [0.15, 0.2) is 0 Å². The van der Waals surface area contributed by atoms with Crippen molar-refractivity contribution in [2.45, 2.75) is 38.0 Å². The first-order valence-electron chi connectivity index (χ1n) is 12.5. The molecule has 4 rings (SSSR count). The Morgan fingerprint density at radius 1 is 0.744 bits per heavy atom. The summed E-state index contributed by atoms with van der Waals surface area (Å²) in [6.07, 6.45) is 0.827. The summed E-state index contributed by atoms with van der Waals surface area (Å²) >= 11 is 4.61. The molecule has 0 bridgehead atoms. The number of esters is 4. The first-order valence-corrected chi connectivity index (χ1v) is 12.9. The van der Waals surface area contributed by atoms with Gasteiger partial charge in [-0.3, -0.25) is 14.4 Å². The minimum atomic E-state index is -1.09. The fourth-order valence-electron chi connectivity index (χ4n) is 4.23. The lowest BCUT2D eigenvalue weighted by atomic mass is 9.93. The van der Waals surface area contributed by atoms with Gasteiger partial charge in [0.25, 0.3) is 0 Å². The average Bonchev–Trinajstić information content (AvgIpc) is 3.02. The van der Waals surface area contributed by atoms with Gasteiger partial charge in [0, 0.05) is 19.5 Å². The SMILES string of the molecule is COC(=O)C(=O)Cl.COC(=O)C(=O)N1Cc2cc(O)ccc2CC1C(=O)OC.COC(=O)C1Cc2ccc(O)cc2CN1. The second-order valence-electron chi connectivity index (χ2n) is 9.00. The second kappa shape index (κ2) is 16.1. The number of carbonyl (C=O) groups excluding carboxylic acids is 6. The lowest BCUT2D eigenvalue weighted by Crippen LogP contribution is -2.51. The number of rotatable bonds is 3. The van der Waals surface area contributed by atoms with Crippen LogP contribution in [0.4, 0.5) is 0 Å². The van der Waals surface area contributed by atoms with Gasteiger partial charge >= 0.3 is 35.0 Å². The highest BCUT2D eigenvalue weighted by Crippen LogP contribution is 2.27. The third kappa shape index (κ3) is 9.41. The number of ether oxygens (including phenoxy) is 4. The van der Waals surface area contributed by atoms with Crippen LogP contribution in [-0.4, -0.2) is 90.7 Å². The van der Waals surface area contributed by atoms with Gasteiger partial charge in [-0.25, -0.2) is 14.4 Å². The van der Waals surface area contributed by atoms with E-state index in [-0.39, 0.29) is 36.5 Å². The monoisotopic (exact) mass is 622 g/mol. The second-order valence-corrected chi connectivity index (χ2v) is 9.34. The molecular formula is C28H31ClN2O12. The molecular weight excluding hydrogens is 592 g/mol. The number of aromatic hydroxyl groups is 2. The van der Waals surface area contributed by atoms with Crippen LogP contribution in [0.15, 0.2) is 36.4 Å². The number of hydrogen-bond acceptors (Lipinski definition) is 13. The molecule has 2 aliphatic rings. The zero-order valence-corrected chi connectivity index (χ0v) is 24.5. The van der Waals surface area contributed by atoms with Crippen molar-refractivity contribution < 1.29 is 57.9 Å². The molecule has 15 heteroatoms. The number of fused-ring (bicyclic) bond motifs is 2. The summed E-state index contributed by atoms with van der Waals surface area (Å²) in [6, 6.07) is 8.73. The Morgan fingerprint density at radius 2 is 1.28 bits per heavy atom. The van der Waals surface area contributed by atoms with Crippen LogP contribution in [-0.2, 0) is 73.6 Å². The van der Waals surface area contributed by atoms with Crippen molar-refractivity contribution in [1.29, 1.82) is 0 Å². The number of amides is 1. The summed E-state index contributed by atoms with van der Waals surface area (Å²) in [5, 5.41) is 20.8. The zero-order valence-electron chi connectivity index (χ0n) is 23.7. The number of halogens is 1. The van der Waals surface area contributed by atoms with Crippen LogP contribution < -0.4 is 5.32 Å². The molecule has 0 aromatic heterocycles. The van der Waals surface area contributed by atoms with Crippen LogP contribution in [0, 0.1) is 0 Å². The van der Waals surface area contributed by atoms with Gasteiger partial charge in [-0.2, -0.15) is 0 Å². The summed E-state index contributed by atoms with van der Waals surface area (Å²) in [7, 11) is 4.78. The first kappa shape index (κ1) is 34.5. The molecule has 14 nitrogen and oxygen atoms in total. The van der Waals surface area contributed by atoms with Gasteiger partial charge in [-0.05, 0) is 64.5 Å². The van der Waals surface area contributed by atoms with Crippen molar-refractivity contribution >= 4 is 46.6 Å². The minimum absolute atomic E-state index is 0.0252. The van der Waals surface area contributed by atoms with Crippen LogP contribution in [0.3, 0.4) is 0 Å². The van der Waals surface area contributed by atoms with E-state index in [1.807, 2.05) is 6.07 Å². The third-order valence-corrected chi connectivity index (χ3v) is 6.55. The molecule has 2 atom stereocenters. The molecule has 2 aromatic carbocycles. The molecule has 232 valence electrons. The minimum Gasteiger partial charge on any atom is -0.508 e. The fraction of sp³-hybridized carbons (Fsp3) is 0.357. The molecule has 0 saturated heterocycles. The summed E-state index contributed by atoms with van der Waals surface area (Å²) in [5.41, 5.74) is 3.61. The molecule has 0 aliphatic carbocycles. The average molecular weight is 623 g/mol. The molecule has 0 fully saturated rings. The summed E-state index contributed by atoms with van der Waals surface area (Å²) in [4.78, 5) is 67.2. The highest BCUT2D eigenvalue weighted by molar-refractivity contribution is 6.80. The van der Waals surface area contributed by atoms with Crippen molar-refractivity contribution in [3.05, 3.63) is 58.7 Å². The van der Waals surface area contributed by atoms with Crippen molar-refractivity contribution in [2.24, 2.45) is 0 Å². The number of nitrogens with one attached hydrogen (secondary N) is 1. The molecule has 0 spiro atoms. The molecule has 2 unspecified atom stereocenters.